The van der Waals surface area contributed by atoms with Crippen molar-refractivity contribution in [2.45, 2.75) is 45.7 Å². The van der Waals surface area contributed by atoms with Crippen molar-refractivity contribution in [3.8, 4) is 0 Å². The molecule has 18 heavy (non-hydrogen) atoms. The Kier molecular flexibility index (Phi) is 5.77. The van der Waals surface area contributed by atoms with Gasteiger partial charge in [0, 0.05) is 6.42 Å². The third-order valence-corrected chi connectivity index (χ3v) is 2.48. The Bertz CT molecular complexity index is 335. The third kappa shape index (κ3) is 5.62. The summed E-state index contributed by atoms with van der Waals surface area (Å²) in [4.78, 5) is 32.9. The molecule has 104 valence electrons. The molecule has 0 aliphatic rings. The van der Waals surface area contributed by atoms with Gasteiger partial charge in [0.25, 0.3) is 0 Å². The number of carbonyl (C=O) groups excluding carboxylic acids is 1. The predicted molar refractivity (Wildman–Crippen MR) is 63.9 cm³/mol. The molecule has 0 unspecified atom stereocenters. The summed E-state index contributed by atoms with van der Waals surface area (Å²) in [5.74, 6) is -2.98. The van der Waals surface area contributed by atoms with Gasteiger partial charge in [-0.3, -0.25) is 9.59 Å². The number of carboxylic acids is 2. The zero-order valence-electron chi connectivity index (χ0n) is 10.8. The lowest BCUT2D eigenvalue weighted by Crippen LogP contribution is -2.53. The van der Waals surface area contributed by atoms with Crippen LogP contribution in [-0.4, -0.2) is 40.1 Å². The molecular formula is C11H20N2O5. The quantitative estimate of drug-likeness (QED) is 0.523. The van der Waals surface area contributed by atoms with Gasteiger partial charge in [0.15, 0.2) is 0 Å². The fraction of sp³-hybridized carbons (Fsp3) is 0.727. The first-order valence-electron chi connectivity index (χ1n) is 5.56. The molecule has 7 nitrogen and oxygen atoms in total. The SMILES string of the molecule is CC(C)(C)[C@H](N)C(=O)N[C@@H](CCC(=O)O)C(=O)O. The molecular weight excluding hydrogens is 240 g/mol. The van der Waals surface area contributed by atoms with Gasteiger partial charge >= 0.3 is 11.9 Å². The summed E-state index contributed by atoms with van der Waals surface area (Å²) in [6, 6.07) is -2.09. The van der Waals surface area contributed by atoms with Crippen LogP contribution in [0.15, 0.2) is 0 Å². The lowest BCUT2D eigenvalue weighted by Gasteiger charge is -2.27. The highest BCUT2D eigenvalue weighted by Crippen LogP contribution is 2.17. The van der Waals surface area contributed by atoms with Crippen LogP contribution in [0.5, 0.6) is 0 Å². The molecule has 2 atom stereocenters. The second-order valence-electron chi connectivity index (χ2n) is 5.18. The van der Waals surface area contributed by atoms with Crippen LogP contribution in [0.4, 0.5) is 0 Å². The average Bonchev–Trinajstić information content (AvgIpc) is 2.20. The Hall–Kier alpha value is -1.63. The van der Waals surface area contributed by atoms with Crippen LogP contribution >= 0.6 is 0 Å². The van der Waals surface area contributed by atoms with Gasteiger partial charge in [0.1, 0.15) is 6.04 Å². The lowest BCUT2D eigenvalue weighted by atomic mass is 9.87. The van der Waals surface area contributed by atoms with Crippen molar-refractivity contribution in [2.75, 3.05) is 0 Å². The van der Waals surface area contributed by atoms with Crippen LogP contribution in [-0.2, 0) is 14.4 Å². The first-order chi connectivity index (χ1) is 8.05. The molecule has 0 rings (SSSR count). The molecule has 0 fully saturated rings. The molecule has 0 aromatic rings. The van der Waals surface area contributed by atoms with Crippen molar-refractivity contribution < 1.29 is 24.6 Å². The second-order valence-corrected chi connectivity index (χ2v) is 5.18. The zero-order valence-corrected chi connectivity index (χ0v) is 10.8. The molecule has 0 saturated heterocycles. The van der Waals surface area contributed by atoms with E-state index in [1.165, 1.54) is 0 Å². The standard InChI is InChI=1S/C11H20N2O5/c1-11(2,3)8(12)9(16)13-6(10(17)18)4-5-7(14)15/h6,8H,4-5,12H2,1-3H3,(H,13,16)(H,14,15)(H,17,18)/t6-,8+/m0/s1. The molecule has 5 N–H and O–H groups in total. The number of hydrogen-bond acceptors (Lipinski definition) is 4. The summed E-state index contributed by atoms with van der Waals surface area (Å²) in [5.41, 5.74) is 5.18. The summed E-state index contributed by atoms with van der Waals surface area (Å²) >= 11 is 0. The predicted octanol–water partition coefficient (Wildman–Crippen LogP) is -0.206. The number of carboxylic acid groups (broad SMARTS) is 2. The smallest absolute Gasteiger partial charge is 0.326 e. The van der Waals surface area contributed by atoms with E-state index in [1.54, 1.807) is 20.8 Å². The first-order valence-corrected chi connectivity index (χ1v) is 5.56. The minimum atomic E-state index is -1.27. The van der Waals surface area contributed by atoms with Crippen LogP contribution in [0.1, 0.15) is 33.6 Å². The van der Waals surface area contributed by atoms with Crippen molar-refractivity contribution in [1.82, 2.24) is 5.32 Å². The summed E-state index contributed by atoms with van der Waals surface area (Å²) in [6.07, 6.45) is -0.505. The zero-order chi connectivity index (χ0) is 14.5. The monoisotopic (exact) mass is 260 g/mol. The van der Waals surface area contributed by atoms with E-state index in [4.69, 9.17) is 15.9 Å². The van der Waals surface area contributed by atoms with Crippen molar-refractivity contribution in [1.29, 1.82) is 0 Å². The van der Waals surface area contributed by atoms with Crippen molar-refractivity contribution in [3.63, 3.8) is 0 Å². The topological polar surface area (TPSA) is 130 Å². The van der Waals surface area contributed by atoms with Gasteiger partial charge in [0.2, 0.25) is 5.91 Å². The molecule has 0 bridgehead atoms. The van der Waals surface area contributed by atoms with Crippen LogP contribution in [0, 0.1) is 5.41 Å². The molecule has 0 radical (unpaired) electrons. The largest absolute Gasteiger partial charge is 0.481 e. The molecule has 0 heterocycles. The fourth-order valence-corrected chi connectivity index (χ4v) is 1.18. The number of amides is 1. The average molecular weight is 260 g/mol. The Labute approximate surface area is 105 Å². The molecule has 1 amide bonds. The number of aliphatic carboxylic acids is 2. The maximum absolute atomic E-state index is 11.7. The van der Waals surface area contributed by atoms with Crippen molar-refractivity contribution >= 4 is 17.8 Å². The first kappa shape index (κ1) is 16.4. The maximum atomic E-state index is 11.7. The molecule has 0 aromatic heterocycles. The van der Waals surface area contributed by atoms with Gasteiger partial charge in [-0.2, -0.15) is 0 Å². The Balaban J connectivity index is 4.55. The number of rotatable bonds is 6. The summed E-state index contributed by atoms with van der Waals surface area (Å²) in [6.45, 7) is 5.26. The number of nitrogens with two attached hydrogens (primary N) is 1. The van der Waals surface area contributed by atoms with Gasteiger partial charge in [-0.15, -0.1) is 0 Å². The molecule has 0 aromatic carbocycles. The van der Waals surface area contributed by atoms with Gasteiger partial charge in [-0.1, -0.05) is 20.8 Å². The van der Waals surface area contributed by atoms with E-state index in [1.807, 2.05) is 0 Å². The molecule has 0 aliphatic carbocycles. The van der Waals surface area contributed by atoms with E-state index in [-0.39, 0.29) is 12.8 Å². The lowest BCUT2D eigenvalue weighted by molar-refractivity contribution is -0.143. The fourth-order valence-electron chi connectivity index (χ4n) is 1.18. The minimum Gasteiger partial charge on any atom is -0.481 e. The van der Waals surface area contributed by atoms with Crippen LogP contribution in [0.2, 0.25) is 0 Å². The Morgan fingerprint density at radius 2 is 1.72 bits per heavy atom. The number of nitrogens with one attached hydrogen (secondary N) is 1. The van der Waals surface area contributed by atoms with Crippen LogP contribution in [0.3, 0.4) is 0 Å². The molecule has 0 spiro atoms. The van der Waals surface area contributed by atoms with Crippen molar-refractivity contribution in [3.05, 3.63) is 0 Å². The highest BCUT2D eigenvalue weighted by atomic mass is 16.4. The van der Waals surface area contributed by atoms with E-state index in [9.17, 15) is 14.4 Å². The van der Waals surface area contributed by atoms with E-state index >= 15 is 0 Å². The number of hydrogen-bond donors (Lipinski definition) is 4. The normalized spacial score (nSPS) is 14.7. The second kappa shape index (κ2) is 6.34. The van der Waals surface area contributed by atoms with E-state index in [0.717, 1.165) is 0 Å². The summed E-state index contributed by atoms with van der Waals surface area (Å²) in [5, 5.41) is 19.6. The molecule has 7 heteroatoms. The van der Waals surface area contributed by atoms with Gasteiger partial charge in [0.05, 0.1) is 6.04 Å². The van der Waals surface area contributed by atoms with Gasteiger partial charge in [-0.25, -0.2) is 4.79 Å². The minimum absolute atomic E-state index is 0.173. The van der Waals surface area contributed by atoms with Gasteiger partial charge in [-0.05, 0) is 11.8 Å². The summed E-state index contributed by atoms with van der Waals surface area (Å²) in [7, 11) is 0. The maximum Gasteiger partial charge on any atom is 0.326 e. The van der Waals surface area contributed by atoms with E-state index in [2.05, 4.69) is 5.32 Å². The summed E-state index contributed by atoms with van der Waals surface area (Å²) < 4.78 is 0. The highest BCUT2D eigenvalue weighted by Gasteiger charge is 2.30. The van der Waals surface area contributed by atoms with E-state index in [0.29, 0.717) is 0 Å². The Morgan fingerprint density at radius 3 is 2.06 bits per heavy atom. The van der Waals surface area contributed by atoms with Crippen LogP contribution < -0.4 is 11.1 Å². The number of carbonyl (C=O) groups is 3. The van der Waals surface area contributed by atoms with E-state index < -0.39 is 35.3 Å². The highest BCUT2D eigenvalue weighted by molar-refractivity contribution is 5.87. The third-order valence-electron chi connectivity index (χ3n) is 2.48. The van der Waals surface area contributed by atoms with Gasteiger partial charge < -0.3 is 21.3 Å². The Morgan fingerprint density at radius 1 is 1.22 bits per heavy atom. The van der Waals surface area contributed by atoms with Crippen molar-refractivity contribution in [2.24, 2.45) is 11.1 Å². The molecule has 0 aliphatic heterocycles. The van der Waals surface area contributed by atoms with Crippen LogP contribution in [0.25, 0.3) is 0 Å². The molecule has 0 saturated carbocycles.